The van der Waals surface area contributed by atoms with Gasteiger partial charge in [-0.15, -0.1) is 0 Å². The maximum Gasteiger partial charge on any atom is 0.326 e. The molecule has 1 amide bonds. The maximum absolute atomic E-state index is 11.4. The van der Waals surface area contributed by atoms with Gasteiger partial charge >= 0.3 is 10.2 Å². The minimum atomic E-state index is -3.73. The molecule has 1 saturated heterocycles. The summed E-state index contributed by atoms with van der Waals surface area (Å²) < 4.78 is 25.7. The molecule has 0 spiro atoms. The molecule has 15 heavy (non-hydrogen) atoms. The average Bonchev–Trinajstić information content (AvgIpc) is 2.39. The molecule has 1 heterocycles. The first-order valence-corrected chi connectivity index (χ1v) is 5.62. The fourth-order valence-electron chi connectivity index (χ4n) is 1.36. The van der Waals surface area contributed by atoms with Crippen LogP contribution in [0.1, 0.15) is 0 Å². The quantitative estimate of drug-likeness (QED) is 0.629. The molecule has 0 aliphatic carbocycles. The number of benzene rings is 1. The third-order valence-corrected chi connectivity index (χ3v) is 3.38. The molecule has 1 aliphatic rings. The molecule has 1 aliphatic heterocycles. The molecule has 0 saturated carbocycles. The first-order chi connectivity index (χ1) is 6.99. The van der Waals surface area contributed by atoms with Crippen molar-refractivity contribution in [3.05, 3.63) is 24.3 Å². The number of amides is 1. The van der Waals surface area contributed by atoms with Crippen molar-refractivity contribution < 1.29 is 13.2 Å². The summed E-state index contributed by atoms with van der Waals surface area (Å²) in [4.78, 5) is 11.0. The summed E-state index contributed by atoms with van der Waals surface area (Å²) in [6.45, 7) is -0.203. The summed E-state index contributed by atoms with van der Waals surface area (Å²) in [5, 5.41) is 0. The second-order valence-corrected chi connectivity index (χ2v) is 4.73. The van der Waals surface area contributed by atoms with E-state index >= 15 is 0 Å². The summed E-state index contributed by atoms with van der Waals surface area (Å²) in [7, 11) is -3.73. The Morgan fingerprint density at radius 2 is 2.13 bits per heavy atom. The number of nitrogens with zero attached hydrogens (tertiary/aromatic N) is 1. The van der Waals surface area contributed by atoms with Gasteiger partial charge in [0.2, 0.25) is 0 Å². The lowest BCUT2D eigenvalue weighted by molar-refractivity contribution is -0.117. The van der Waals surface area contributed by atoms with Crippen molar-refractivity contribution in [1.29, 1.82) is 0 Å². The number of hydrogen-bond donors (Lipinski definition) is 2. The van der Waals surface area contributed by atoms with Gasteiger partial charge in [-0.25, -0.2) is 9.03 Å². The van der Waals surface area contributed by atoms with Gasteiger partial charge in [-0.3, -0.25) is 4.79 Å². The number of rotatable bonds is 1. The lowest BCUT2D eigenvalue weighted by Crippen LogP contribution is -2.29. The molecule has 7 heteroatoms. The van der Waals surface area contributed by atoms with E-state index in [0.29, 0.717) is 11.4 Å². The summed E-state index contributed by atoms with van der Waals surface area (Å²) in [5.41, 5.74) is 6.35. The van der Waals surface area contributed by atoms with E-state index in [9.17, 15) is 13.2 Å². The molecule has 1 aromatic carbocycles. The summed E-state index contributed by atoms with van der Waals surface area (Å²) >= 11 is 0. The highest BCUT2D eigenvalue weighted by Crippen LogP contribution is 2.21. The van der Waals surface area contributed by atoms with E-state index in [1.165, 1.54) is 6.07 Å². The van der Waals surface area contributed by atoms with Gasteiger partial charge in [0.15, 0.2) is 0 Å². The monoisotopic (exact) mass is 227 g/mol. The lowest BCUT2D eigenvalue weighted by Gasteiger charge is -2.14. The molecule has 0 radical (unpaired) electrons. The predicted molar refractivity (Wildman–Crippen MR) is 55.3 cm³/mol. The number of nitrogens with two attached hydrogens (primary N) is 1. The summed E-state index contributed by atoms with van der Waals surface area (Å²) in [6.07, 6.45) is 0. The third-order valence-electron chi connectivity index (χ3n) is 1.98. The topological polar surface area (TPSA) is 92.5 Å². The fraction of sp³-hybridized carbons (Fsp3) is 0.125. The molecule has 1 aromatic rings. The van der Waals surface area contributed by atoms with Crippen LogP contribution in [0.15, 0.2) is 24.3 Å². The molecule has 0 bridgehead atoms. The number of nitrogens with one attached hydrogen (secondary N) is 1. The van der Waals surface area contributed by atoms with Gasteiger partial charge in [-0.05, 0) is 18.2 Å². The van der Waals surface area contributed by atoms with E-state index in [1.807, 2.05) is 4.72 Å². The average molecular weight is 227 g/mol. The van der Waals surface area contributed by atoms with Gasteiger partial charge in [-0.2, -0.15) is 8.42 Å². The Bertz CT molecular complexity index is 512. The van der Waals surface area contributed by atoms with Crippen molar-refractivity contribution in [2.75, 3.05) is 16.6 Å². The zero-order valence-electron chi connectivity index (χ0n) is 7.67. The van der Waals surface area contributed by atoms with Gasteiger partial charge in [0.05, 0.1) is 5.69 Å². The minimum absolute atomic E-state index is 0.203. The first kappa shape index (κ1) is 9.78. The Labute approximate surface area is 86.9 Å². The van der Waals surface area contributed by atoms with Crippen LogP contribution < -0.4 is 14.8 Å². The summed E-state index contributed by atoms with van der Waals surface area (Å²) in [5.74, 6) is -0.544. The maximum atomic E-state index is 11.4. The Morgan fingerprint density at radius 3 is 2.67 bits per heavy atom. The highest BCUT2D eigenvalue weighted by molar-refractivity contribution is 7.92. The van der Waals surface area contributed by atoms with Gasteiger partial charge in [0, 0.05) is 5.69 Å². The number of hydrogen-bond acceptors (Lipinski definition) is 4. The standard InChI is InChI=1S/C8H9N3O3S/c9-6-2-1-3-7(4-6)11-5-8(12)10-15(11,13)14/h1-4H,5,9H2,(H,10,12). The van der Waals surface area contributed by atoms with E-state index in [2.05, 4.69) is 0 Å². The Kier molecular flexibility index (Phi) is 2.04. The van der Waals surface area contributed by atoms with Crippen LogP contribution in [-0.4, -0.2) is 20.9 Å². The SMILES string of the molecule is Nc1cccc(N2CC(=O)NS2(=O)=O)c1. The highest BCUT2D eigenvalue weighted by atomic mass is 32.2. The number of anilines is 2. The van der Waals surface area contributed by atoms with Crippen LogP contribution in [0.25, 0.3) is 0 Å². The van der Waals surface area contributed by atoms with E-state index < -0.39 is 16.1 Å². The smallest absolute Gasteiger partial charge is 0.326 e. The Balaban J connectivity index is 2.44. The number of nitrogen functional groups attached to an aromatic ring is 1. The molecule has 0 atom stereocenters. The van der Waals surface area contributed by atoms with Crippen molar-refractivity contribution >= 4 is 27.5 Å². The molecule has 6 nitrogen and oxygen atoms in total. The molecule has 2 rings (SSSR count). The van der Waals surface area contributed by atoms with Gasteiger partial charge < -0.3 is 5.73 Å². The van der Waals surface area contributed by atoms with Crippen LogP contribution in [-0.2, 0) is 15.0 Å². The lowest BCUT2D eigenvalue weighted by atomic mass is 10.3. The molecule has 1 fully saturated rings. The molecular formula is C8H9N3O3S. The highest BCUT2D eigenvalue weighted by Gasteiger charge is 2.33. The van der Waals surface area contributed by atoms with Crippen LogP contribution >= 0.6 is 0 Å². The third kappa shape index (κ3) is 1.73. The van der Waals surface area contributed by atoms with Crippen LogP contribution in [0.4, 0.5) is 11.4 Å². The largest absolute Gasteiger partial charge is 0.399 e. The molecule has 3 N–H and O–H groups in total. The predicted octanol–water partition coefficient (Wildman–Crippen LogP) is -0.550. The molecule has 0 unspecified atom stereocenters. The second-order valence-electron chi connectivity index (χ2n) is 3.13. The number of carbonyl (C=O) groups excluding carboxylic acids is 1. The van der Waals surface area contributed by atoms with Crippen LogP contribution in [0.3, 0.4) is 0 Å². The van der Waals surface area contributed by atoms with Crippen molar-refractivity contribution in [2.24, 2.45) is 0 Å². The van der Waals surface area contributed by atoms with Crippen molar-refractivity contribution in [1.82, 2.24) is 4.72 Å². The van der Waals surface area contributed by atoms with Gasteiger partial charge in [0.1, 0.15) is 6.54 Å². The van der Waals surface area contributed by atoms with E-state index in [-0.39, 0.29) is 6.54 Å². The van der Waals surface area contributed by atoms with Crippen LogP contribution in [0.5, 0.6) is 0 Å². The van der Waals surface area contributed by atoms with E-state index in [4.69, 9.17) is 5.73 Å². The second kappa shape index (κ2) is 3.13. The van der Waals surface area contributed by atoms with Crippen LogP contribution in [0.2, 0.25) is 0 Å². The normalized spacial score (nSPS) is 18.9. The summed E-state index contributed by atoms with van der Waals surface area (Å²) in [6, 6.07) is 6.34. The van der Waals surface area contributed by atoms with Crippen LogP contribution in [0, 0.1) is 0 Å². The zero-order chi connectivity index (χ0) is 11.1. The fourth-order valence-corrected chi connectivity index (χ4v) is 2.50. The molecule has 0 aromatic heterocycles. The van der Waals surface area contributed by atoms with Crippen molar-refractivity contribution in [3.63, 3.8) is 0 Å². The van der Waals surface area contributed by atoms with Gasteiger partial charge in [0.25, 0.3) is 5.91 Å². The van der Waals surface area contributed by atoms with Crippen molar-refractivity contribution in [3.8, 4) is 0 Å². The molecule has 80 valence electrons. The number of carbonyl (C=O) groups is 1. The zero-order valence-corrected chi connectivity index (χ0v) is 8.49. The minimum Gasteiger partial charge on any atom is -0.399 e. The first-order valence-electron chi connectivity index (χ1n) is 4.18. The molecular weight excluding hydrogens is 218 g/mol. The van der Waals surface area contributed by atoms with Crippen molar-refractivity contribution in [2.45, 2.75) is 0 Å². The Hall–Kier alpha value is -1.76. The Morgan fingerprint density at radius 1 is 1.40 bits per heavy atom. The van der Waals surface area contributed by atoms with Gasteiger partial charge in [-0.1, -0.05) is 6.07 Å². The van der Waals surface area contributed by atoms with E-state index in [1.54, 1.807) is 18.2 Å². The van der Waals surface area contributed by atoms with E-state index in [0.717, 1.165) is 4.31 Å².